The maximum atomic E-state index is 12.3. The normalized spacial score (nSPS) is 18.4. The monoisotopic (exact) mass is 267 g/mol. The SMILES string of the molecule is C=C1CN(S(=O)(=O)c2ccccc2)CC(=C)S1. The molecule has 1 heterocycles. The third-order valence-electron chi connectivity index (χ3n) is 2.38. The average Bonchev–Trinajstić information content (AvgIpc) is 2.29. The summed E-state index contributed by atoms with van der Waals surface area (Å²) in [5, 5.41) is 0. The van der Waals surface area contributed by atoms with Crippen molar-refractivity contribution in [2.24, 2.45) is 0 Å². The third kappa shape index (κ3) is 2.62. The number of thioether (sulfide) groups is 1. The Hall–Kier alpha value is -1.04. The van der Waals surface area contributed by atoms with Gasteiger partial charge in [0.1, 0.15) is 0 Å². The fraction of sp³-hybridized carbons (Fsp3) is 0.167. The van der Waals surface area contributed by atoms with Crippen LogP contribution in [0.5, 0.6) is 0 Å². The molecule has 2 rings (SSSR count). The fourth-order valence-electron chi connectivity index (χ4n) is 1.63. The smallest absolute Gasteiger partial charge is 0.207 e. The van der Waals surface area contributed by atoms with E-state index < -0.39 is 10.0 Å². The summed E-state index contributed by atoms with van der Waals surface area (Å²) in [6.07, 6.45) is 0. The molecule has 3 nitrogen and oxygen atoms in total. The largest absolute Gasteiger partial charge is 0.243 e. The molecular weight excluding hydrogens is 254 g/mol. The Bertz CT molecular complexity index is 533. The van der Waals surface area contributed by atoms with E-state index in [1.165, 1.54) is 16.1 Å². The summed E-state index contributed by atoms with van der Waals surface area (Å²) < 4.78 is 26.0. The van der Waals surface area contributed by atoms with Crippen LogP contribution in [0.4, 0.5) is 0 Å². The van der Waals surface area contributed by atoms with E-state index >= 15 is 0 Å². The van der Waals surface area contributed by atoms with Crippen LogP contribution < -0.4 is 0 Å². The molecule has 1 fully saturated rings. The van der Waals surface area contributed by atoms with Gasteiger partial charge in [-0.15, -0.1) is 0 Å². The van der Waals surface area contributed by atoms with E-state index in [9.17, 15) is 8.42 Å². The lowest BCUT2D eigenvalue weighted by Gasteiger charge is -2.28. The van der Waals surface area contributed by atoms with Crippen molar-refractivity contribution >= 4 is 21.8 Å². The number of sulfonamides is 1. The van der Waals surface area contributed by atoms with Crippen molar-refractivity contribution in [3.05, 3.63) is 53.3 Å². The van der Waals surface area contributed by atoms with Crippen LogP contribution in [-0.4, -0.2) is 25.8 Å². The second kappa shape index (κ2) is 4.68. The fourth-order valence-corrected chi connectivity index (χ4v) is 4.09. The molecule has 0 unspecified atom stereocenters. The van der Waals surface area contributed by atoms with Gasteiger partial charge < -0.3 is 0 Å². The minimum atomic E-state index is -3.43. The standard InChI is InChI=1S/C12H13NO2S2/c1-10-8-13(9-11(2)16-10)17(14,15)12-6-4-3-5-7-12/h3-7H,1-2,8-9H2. The number of rotatable bonds is 2. The zero-order chi connectivity index (χ0) is 12.5. The molecule has 5 heteroatoms. The Kier molecular flexibility index (Phi) is 3.42. The summed E-state index contributed by atoms with van der Waals surface area (Å²) in [4.78, 5) is 1.93. The van der Waals surface area contributed by atoms with E-state index in [4.69, 9.17) is 0 Å². The van der Waals surface area contributed by atoms with E-state index in [1.807, 2.05) is 0 Å². The molecule has 0 atom stereocenters. The Morgan fingerprint density at radius 2 is 1.59 bits per heavy atom. The van der Waals surface area contributed by atoms with Crippen LogP contribution in [0.2, 0.25) is 0 Å². The molecule has 0 aliphatic carbocycles. The highest BCUT2D eigenvalue weighted by Crippen LogP contribution is 2.32. The zero-order valence-corrected chi connectivity index (χ0v) is 10.9. The highest BCUT2D eigenvalue weighted by atomic mass is 32.2. The van der Waals surface area contributed by atoms with Crippen LogP contribution in [0.3, 0.4) is 0 Å². The van der Waals surface area contributed by atoms with Crippen molar-refractivity contribution in [1.82, 2.24) is 4.31 Å². The minimum Gasteiger partial charge on any atom is -0.207 e. The van der Waals surface area contributed by atoms with Gasteiger partial charge in [0.15, 0.2) is 0 Å². The van der Waals surface area contributed by atoms with Crippen molar-refractivity contribution in [3.63, 3.8) is 0 Å². The number of benzene rings is 1. The van der Waals surface area contributed by atoms with Crippen LogP contribution in [-0.2, 0) is 10.0 Å². The summed E-state index contributed by atoms with van der Waals surface area (Å²) in [7, 11) is -3.43. The van der Waals surface area contributed by atoms with Crippen LogP contribution in [0, 0.1) is 0 Å². The molecule has 1 aromatic carbocycles. The summed E-state index contributed by atoms with van der Waals surface area (Å²) in [6, 6.07) is 8.43. The van der Waals surface area contributed by atoms with E-state index in [-0.39, 0.29) is 0 Å². The lowest BCUT2D eigenvalue weighted by Crippen LogP contribution is -2.36. The van der Waals surface area contributed by atoms with Crippen molar-refractivity contribution in [2.45, 2.75) is 4.90 Å². The van der Waals surface area contributed by atoms with E-state index in [2.05, 4.69) is 13.2 Å². The number of nitrogens with zero attached hydrogens (tertiary/aromatic N) is 1. The minimum absolute atomic E-state index is 0.313. The lowest BCUT2D eigenvalue weighted by molar-refractivity contribution is 0.467. The van der Waals surface area contributed by atoms with Gasteiger partial charge >= 0.3 is 0 Å². The predicted octanol–water partition coefficient (Wildman–Crippen LogP) is 2.45. The van der Waals surface area contributed by atoms with Gasteiger partial charge in [-0.05, 0) is 21.9 Å². The summed E-state index contributed by atoms with van der Waals surface area (Å²) >= 11 is 1.46. The van der Waals surface area contributed by atoms with Crippen LogP contribution >= 0.6 is 11.8 Å². The molecule has 90 valence electrons. The average molecular weight is 267 g/mol. The quantitative estimate of drug-likeness (QED) is 0.826. The van der Waals surface area contributed by atoms with Gasteiger partial charge in [-0.3, -0.25) is 0 Å². The number of hydrogen-bond donors (Lipinski definition) is 0. The molecule has 1 aliphatic rings. The maximum absolute atomic E-state index is 12.3. The van der Waals surface area contributed by atoms with E-state index in [0.717, 1.165) is 9.81 Å². The molecule has 1 aliphatic heterocycles. The topological polar surface area (TPSA) is 37.4 Å². The van der Waals surface area contributed by atoms with Gasteiger partial charge in [0, 0.05) is 13.1 Å². The zero-order valence-electron chi connectivity index (χ0n) is 9.30. The van der Waals surface area contributed by atoms with Gasteiger partial charge in [-0.2, -0.15) is 4.31 Å². The first-order valence-corrected chi connectivity index (χ1v) is 7.34. The second-order valence-electron chi connectivity index (χ2n) is 3.77. The van der Waals surface area contributed by atoms with Crippen molar-refractivity contribution in [3.8, 4) is 0 Å². The highest BCUT2D eigenvalue weighted by molar-refractivity contribution is 8.06. The molecule has 17 heavy (non-hydrogen) atoms. The Labute approximate surface area is 106 Å². The Morgan fingerprint density at radius 1 is 1.06 bits per heavy atom. The summed E-state index contributed by atoms with van der Waals surface area (Å²) in [5.41, 5.74) is 0. The molecule has 1 saturated heterocycles. The van der Waals surface area contributed by atoms with Gasteiger partial charge in [-0.25, -0.2) is 8.42 Å². The van der Waals surface area contributed by atoms with Gasteiger partial charge in [-0.1, -0.05) is 43.1 Å². The van der Waals surface area contributed by atoms with Gasteiger partial charge in [0.05, 0.1) is 4.90 Å². The van der Waals surface area contributed by atoms with Crippen LogP contribution in [0.1, 0.15) is 0 Å². The van der Waals surface area contributed by atoms with E-state index in [0.29, 0.717) is 18.0 Å². The summed E-state index contributed by atoms with van der Waals surface area (Å²) in [6.45, 7) is 8.33. The molecular formula is C12H13NO2S2. The molecule has 0 spiro atoms. The second-order valence-corrected chi connectivity index (χ2v) is 7.06. The van der Waals surface area contributed by atoms with Crippen LogP contribution in [0.25, 0.3) is 0 Å². The molecule has 0 aromatic heterocycles. The van der Waals surface area contributed by atoms with Crippen molar-refractivity contribution in [2.75, 3.05) is 13.1 Å². The molecule has 1 aromatic rings. The number of hydrogen-bond acceptors (Lipinski definition) is 3. The first kappa shape index (κ1) is 12.4. The molecule has 0 saturated carbocycles. The predicted molar refractivity (Wildman–Crippen MR) is 71.1 cm³/mol. The highest BCUT2D eigenvalue weighted by Gasteiger charge is 2.28. The molecule has 0 amide bonds. The molecule has 0 bridgehead atoms. The van der Waals surface area contributed by atoms with Gasteiger partial charge in [0.2, 0.25) is 10.0 Å². The van der Waals surface area contributed by atoms with Crippen LogP contribution in [0.15, 0.2) is 58.2 Å². The van der Waals surface area contributed by atoms with Gasteiger partial charge in [0.25, 0.3) is 0 Å². The van der Waals surface area contributed by atoms with Crippen molar-refractivity contribution in [1.29, 1.82) is 0 Å². The summed E-state index contributed by atoms with van der Waals surface area (Å²) in [5.74, 6) is 0. The molecule has 0 radical (unpaired) electrons. The maximum Gasteiger partial charge on any atom is 0.243 e. The third-order valence-corrected chi connectivity index (χ3v) is 5.02. The first-order valence-electron chi connectivity index (χ1n) is 5.09. The first-order chi connectivity index (χ1) is 8.00. The van der Waals surface area contributed by atoms with E-state index in [1.54, 1.807) is 30.3 Å². The van der Waals surface area contributed by atoms with Crippen molar-refractivity contribution < 1.29 is 8.42 Å². The Morgan fingerprint density at radius 3 is 2.12 bits per heavy atom. The Balaban J connectivity index is 2.33. The molecule has 0 N–H and O–H groups in total. The lowest BCUT2D eigenvalue weighted by atomic mass is 10.4.